The third-order valence-corrected chi connectivity index (χ3v) is 9.78. The Morgan fingerprint density at radius 1 is 0.952 bits per heavy atom. The van der Waals surface area contributed by atoms with Crippen molar-refractivity contribution in [2.45, 2.75) is 76.9 Å². The van der Waals surface area contributed by atoms with Crippen molar-refractivity contribution in [3.8, 4) is 11.1 Å². The molecule has 1 aliphatic carbocycles. The normalized spacial score (nSPS) is 17.3. The molecule has 9 heteroatoms. The highest BCUT2D eigenvalue weighted by Gasteiger charge is 2.28. The maximum atomic E-state index is 13.7. The maximum absolute atomic E-state index is 13.7. The van der Waals surface area contributed by atoms with Crippen molar-refractivity contribution in [2.75, 3.05) is 31.8 Å². The molecule has 1 fully saturated rings. The maximum Gasteiger partial charge on any atom is 0.253 e. The summed E-state index contributed by atoms with van der Waals surface area (Å²) >= 11 is 0. The summed E-state index contributed by atoms with van der Waals surface area (Å²) in [5.74, 6) is -0.255. The second-order valence-electron chi connectivity index (χ2n) is 11.8. The van der Waals surface area contributed by atoms with E-state index in [0.717, 1.165) is 65.9 Å². The van der Waals surface area contributed by atoms with E-state index in [-0.39, 0.29) is 22.9 Å². The monoisotopic (exact) mass is 592 g/mol. The lowest BCUT2D eigenvalue weighted by Gasteiger charge is -2.40. The summed E-state index contributed by atoms with van der Waals surface area (Å²) in [4.78, 5) is 34.1. The first kappa shape index (κ1) is 31.5. The summed E-state index contributed by atoms with van der Waals surface area (Å²) in [6.07, 6.45) is 5.58. The fourth-order valence-corrected chi connectivity index (χ4v) is 6.80. The van der Waals surface area contributed by atoms with Crippen molar-refractivity contribution < 1.29 is 13.2 Å². The van der Waals surface area contributed by atoms with Crippen LogP contribution in [0.2, 0.25) is 0 Å². The molecule has 2 aromatic carbocycles. The van der Waals surface area contributed by atoms with Gasteiger partial charge in [-0.15, -0.1) is 0 Å². The van der Waals surface area contributed by atoms with Gasteiger partial charge in [-0.25, -0.2) is 8.42 Å². The van der Waals surface area contributed by atoms with E-state index >= 15 is 0 Å². The number of rotatable bonds is 9. The van der Waals surface area contributed by atoms with Gasteiger partial charge in [-0.1, -0.05) is 12.1 Å². The first-order chi connectivity index (χ1) is 19.8. The third-order valence-electron chi connectivity index (χ3n) is 8.65. The average molecular weight is 593 g/mol. The molecular formula is C33H44N4O4S. The Hall–Kier alpha value is -3.43. The standard InChI is InChI=1S/C33H44N4O4S/c1-8-37(27-13-11-26(12-14-27)36(5)6)31-19-25(24-9-15-28(16-10-24)42(7,40)41)18-29(23(31)4)32(38)34-20-30-21(2)17-22(3)35-33(30)39/h9-10,15-19,26-27H,8,11-14,20H2,1-7H3,(H,34,38)(H,35,39). The fourth-order valence-electron chi connectivity index (χ4n) is 6.17. The van der Waals surface area contributed by atoms with Crippen LogP contribution in [0.3, 0.4) is 0 Å². The Bertz CT molecular complexity index is 1600. The van der Waals surface area contributed by atoms with Crippen LogP contribution < -0.4 is 15.8 Å². The molecule has 42 heavy (non-hydrogen) atoms. The second kappa shape index (κ2) is 12.8. The number of amides is 1. The first-order valence-electron chi connectivity index (χ1n) is 14.7. The molecule has 8 nitrogen and oxygen atoms in total. The highest BCUT2D eigenvalue weighted by atomic mass is 32.2. The quantitative estimate of drug-likeness (QED) is 0.363. The van der Waals surface area contributed by atoms with Gasteiger partial charge in [-0.05, 0) is 120 Å². The molecular weight excluding hydrogens is 548 g/mol. The number of carbonyl (C=O) groups is 1. The highest BCUT2D eigenvalue weighted by molar-refractivity contribution is 7.90. The number of nitrogens with zero attached hydrogens (tertiary/aromatic N) is 2. The lowest BCUT2D eigenvalue weighted by Crippen LogP contribution is -2.42. The minimum atomic E-state index is -3.33. The summed E-state index contributed by atoms with van der Waals surface area (Å²) in [5, 5.41) is 2.98. The second-order valence-corrected chi connectivity index (χ2v) is 13.8. The van der Waals surface area contributed by atoms with Crippen molar-refractivity contribution in [1.82, 2.24) is 15.2 Å². The SMILES string of the molecule is CCN(c1cc(-c2ccc(S(C)(=O)=O)cc2)cc(C(=O)NCc2c(C)cc(C)[nH]c2=O)c1C)C1CCC(N(C)C)CC1. The van der Waals surface area contributed by atoms with Crippen LogP contribution in [0, 0.1) is 20.8 Å². The number of carbonyl (C=O) groups excluding carboxylic acids is 1. The van der Waals surface area contributed by atoms with E-state index in [9.17, 15) is 18.0 Å². The van der Waals surface area contributed by atoms with Gasteiger partial charge in [0.1, 0.15) is 0 Å². The van der Waals surface area contributed by atoms with Crippen molar-refractivity contribution in [3.63, 3.8) is 0 Å². The lowest BCUT2D eigenvalue weighted by molar-refractivity contribution is 0.0950. The van der Waals surface area contributed by atoms with E-state index in [4.69, 9.17) is 0 Å². The minimum absolute atomic E-state index is 0.119. The van der Waals surface area contributed by atoms with Crippen molar-refractivity contribution in [3.05, 3.63) is 80.8 Å². The number of hydrogen-bond donors (Lipinski definition) is 2. The molecule has 1 aromatic heterocycles. The molecule has 1 heterocycles. The molecule has 0 bridgehead atoms. The van der Waals surface area contributed by atoms with E-state index in [2.05, 4.69) is 47.2 Å². The predicted molar refractivity (Wildman–Crippen MR) is 170 cm³/mol. The predicted octanol–water partition coefficient (Wildman–Crippen LogP) is 5.00. The van der Waals surface area contributed by atoms with E-state index in [1.54, 1.807) is 24.3 Å². The number of nitrogens with one attached hydrogen (secondary N) is 2. The third kappa shape index (κ3) is 6.95. The number of aromatic nitrogens is 1. The number of aryl methyl sites for hydroxylation is 2. The number of hydrogen-bond acceptors (Lipinski definition) is 6. The zero-order valence-corrected chi connectivity index (χ0v) is 26.7. The van der Waals surface area contributed by atoms with Crippen LogP contribution in [0.1, 0.15) is 65.3 Å². The van der Waals surface area contributed by atoms with Gasteiger partial charge in [0.25, 0.3) is 11.5 Å². The number of aromatic amines is 1. The van der Waals surface area contributed by atoms with E-state index < -0.39 is 9.84 Å². The van der Waals surface area contributed by atoms with E-state index in [1.165, 1.54) is 6.26 Å². The molecule has 0 aliphatic heterocycles. The molecule has 4 rings (SSSR count). The van der Waals surface area contributed by atoms with Crippen LogP contribution in [0.15, 0.2) is 52.2 Å². The van der Waals surface area contributed by atoms with Crippen LogP contribution in [-0.2, 0) is 16.4 Å². The molecule has 0 atom stereocenters. The van der Waals surface area contributed by atoms with Crippen molar-refractivity contribution >= 4 is 21.4 Å². The molecule has 1 saturated carbocycles. The van der Waals surface area contributed by atoms with Crippen LogP contribution in [-0.4, -0.2) is 63.2 Å². The van der Waals surface area contributed by atoms with Gasteiger partial charge >= 0.3 is 0 Å². The number of pyridine rings is 1. The summed E-state index contributed by atoms with van der Waals surface area (Å²) in [7, 11) is 0.954. The van der Waals surface area contributed by atoms with Crippen LogP contribution in [0.4, 0.5) is 5.69 Å². The van der Waals surface area contributed by atoms with Gasteiger partial charge in [0.2, 0.25) is 0 Å². The van der Waals surface area contributed by atoms with Gasteiger partial charge in [0.15, 0.2) is 9.84 Å². The Kier molecular flexibility index (Phi) is 9.63. The van der Waals surface area contributed by atoms with E-state index in [0.29, 0.717) is 23.2 Å². The van der Waals surface area contributed by atoms with Gasteiger partial charge in [-0.3, -0.25) is 9.59 Å². The molecule has 3 aromatic rings. The fraction of sp³-hybridized carbons (Fsp3) is 0.455. The molecule has 226 valence electrons. The summed E-state index contributed by atoms with van der Waals surface area (Å²) in [6.45, 7) is 8.76. The van der Waals surface area contributed by atoms with Crippen molar-refractivity contribution in [2.24, 2.45) is 0 Å². The molecule has 0 unspecified atom stereocenters. The Morgan fingerprint density at radius 3 is 2.12 bits per heavy atom. The summed E-state index contributed by atoms with van der Waals surface area (Å²) < 4.78 is 24.1. The summed E-state index contributed by atoms with van der Waals surface area (Å²) in [5.41, 5.74) is 6.04. The molecule has 1 aliphatic rings. The zero-order chi connectivity index (χ0) is 30.8. The van der Waals surface area contributed by atoms with Gasteiger partial charge in [0.05, 0.1) is 4.90 Å². The smallest absolute Gasteiger partial charge is 0.253 e. The molecule has 0 radical (unpaired) electrons. The van der Waals surface area contributed by atoms with Crippen LogP contribution in [0.5, 0.6) is 0 Å². The number of H-pyrrole nitrogens is 1. The Labute approximate surface area is 250 Å². The number of sulfone groups is 1. The highest BCUT2D eigenvalue weighted by Crippen LogP contribution is 2.36. The molecule has 1 amide bonds. The average Bonchev–Trinajstić information content (AvgIpc) is 2.93. The number of benzene rings is 2. The largest absolute Gasteiger partial charge is 0.369 e. The molecule has 0 spiro atoms. The zero-order valence-electron chi connectivity index (χ0n) is 25.9. The van der Waals surface area contributed by atoms with E-state index in [1.807, 2.05) is 32.9 Å². The first-order valence-corrected chi connectivity index (χ1v) is 16.5. The van der Waals surface area contributed by atoms with Gasteiger partial charge in [-0.2, -0.15) is 0 Å². The topological polar surface area (TPSA) is 103 Å². The Morgan fingerprint density at radius 2 is 1.57 bits per heavy atom. The van der Waals surface area contributed by atoms with Gasteiger partial charge in [0, 0.05) is 53.9 Å². The minimum Gasteiger partial charge on any atom is -0.369 e. The number of anilines is 1. The van der Waals surface area contributed by atoms with Crippen LogP contribution in [0.25, 0.3) is 11.1 Å². The molecule has 2 N–H and O–H groups in total. The summed E-state index contributed by atoms with van der Waals surface area (Å²) in [6, 6.07) is 13.6. The van der Waals surface area contributed by atoms with Crippen molar-refractivity contribution in [1.29, 1.82) is 0 Å². The Balaban J connectivity index is 1.74. The van der Waals surface area contributed by atoms with Gasteiger partial charge < -0.3 is 20.1 Å². The molecule has 0 saturated heterocycles. The van der Waals surface area contributed by atoms with Crippen LogP contribution >= 0.6 is 0 Å². The lowest BCUT2D eigenvalue weighted by atomic mass is 9.88.